The van der Waals surface area contributed by atoms with E-state index in [-0.39, 0.29) is 36.1 Å². The van der Waals surface area contributed by atoms with Gasteiger partial charge in [-0.2, -0.15) is 13.2 Å². The Kier molecular flexibility index (Phi) is 6.40. The molecule has 0 N–H and O–H groups in total. The summed E-state index contributed by atoms with van der Waals surface area (Å²) in [7, 11) is 0. The molecule has 0 unspecified atom stereocenters. The number of alkyl halides is 3. The number of aryl methyl sites for hydroxylation is 2. The van der Waals surface area contributed by atoms with Gasteiger partial charge in [-0.15, -0.1) is 10.2 Å². The number of amides is 1. The van der Waals surface area contributed by atoms with E-state index in [1.54, 1.807) is 0 Å². The molecule has 1 saturated heterocycles. The third-order valence-corrected chi connectivity index (χ3v) is 6.01. The minimum absolute atomic E-state index is 0.00515. The average Bonchev–Trinajstić information content (AvgIpc) is 3.28. The number of halogens is 3. The van der Waals surface area contributed by atoms with Crippen LogP contribution in [0.5, 0.6) is 0 Å². The predicted molar refractivity (Wildman–Crippen MR) is 118 cm³/mol. The molecule has 1 aliphatic rings. The van der Waals surface area contributed by atoms with Gasteiger partial charge in [-0.25, -0.2) is 0 Å². The molecule has 0 spiro atoms. The second kappa shape index (κ2) is 9.25. The maximum absolute atomic E-state index is 12.9. The number of benzene rings is 2. The van der Waals surface area contributed by atoms with E-state index in [0.717, 1.165) is 25.2 Å². The van der Waals surface area contributed by atoms with E-state index in [9.17, 15) is 18.0 Å². The van der Waals surface area contributed by atoms with Crippen molar-refractivity contribution in [3.63, 3.8) is 0 Å². The molecule has 33 heavy (non-hydrogen) atoms. The number of hydrogen-bond donors (Lipinski definition) is 0. The number of rotatable bonds is 5. The lowest BCUT2D eigenvalue weighted by Gasteiger charge is -2.37. The topological polar surface area (TPSA) is 62.5 Å². The van der Waals surface area contributed by atoms with Crippen LogP contribution in [0.1, 0.15) is 29.0 Å². The Labute approximate surface area is 190 Å². The molecule has 174 valence electrons. The summed E-state index contributed by atoms with van der Waals surface area (Å²) >= 11 is 0. The van der Waals surface area contributed by atoms with Gasteiger partial charge in [0.25, 0.3) is 0 Å². The van der Waals surface area contributed by atoms with Crippen LogP contribution in [0.3, 0.4) is 0 Å². The molecule has 2 aromatic carbocycles. The number of carbonyl (C=O) groups excluding carboxylic acids is 1. The molecule has 3 aromatic rings. The first-order chi connectivity index (χ1) is 15.7. The van der Waals surface area contributed by atoms with Crippen molar-refractivity contribution in [3.8, 4) is 11.5 Å². The second-order valence-corrected chi connectivity index (χ2v) is 8.17. The molecule has 2 heterocycles. The quantitative estimate of drug-likeness (QED) is 0.557. The maximum atomic E-state index is 12.9. The zero-order valence-corrected chi connectivity index (χ0v) is 18.5. The fraction of sp³-hybridized carbons (Fsp3) is 0.375. The van der Waals surface area contributed by atoms with Gasteiger partial charge in [0.15, 0.2) is 0 Å². The molecule has 1 amide bonds. The maximum Gasteiger partial charge on any atom is 0.416 e. The van der Waals surface area contributed by atoms with Crippen LogP contribution < -0.4 is 4.90 Å². The van der Waals surface area contributed by atoms with Gasteiger partial charge >= 0.3 is 6.18 Å². The SMILES string of the molecule is Cc1cccc(N2CCN(C(=O)CCc3nnc(-c4cccc(C(F)(F)F)c4)o3)CC2)c1C. The molecule has 4 rings (SSSR count). The Morgan fingerprint density at radius 2 is 1.76 bits per heavy atom. The number of carbonyl (C=O) groups is 1. The van der Waals surface area contributed by atoms with Crippen molar-refractivity contribution in [3.05, 3.63) is 65.0 Å². The first kappa shape index (κ1) is 22.8. The lowest BCUT2D eigenvalue weighted by atomic mass is 10.1. The highest BCUT2D eigenvalue weighted by Crippen LogP contribution is 2.32. The van der Waals surface area contributed by atoms with Crippen LogP contribution >= 0.6 is 0 Å². The molecule has 6 nitrogen and oxygen atoms in total. The van der Waals surface area contributed by atoms with Gasteiger partial charge in [0, 0.05) is 50.3 Å². The van der Waals surface area contributed by atoms with Crippen molar-refractivity contribution in [2.24, 2.45) is 0 Å². The van der Waals surface area contributed by atoms with Crippen molar-refractivity contribution in [2.45, 2.75) is 32.9 Å². The summed E-state index contributed by atoms with van der Waals surface area (Å²) < 4.78 is 44.3. The fourth-order valence-corrected chi connectivity index (χ4v) is 3.95. The lowest BCUT2D eigenvalue weighted by molar-refractivity contribution is -0.137. The summed E-state index contributed by atoms with van der Waals surface area (Å²) in [6.45, 7) is 6.98. The van der Waals surface area contributed by atoms with Crippen molar-refractivity contribution in [1.29, 1.82) is 0 Å². The zero-order valence-electron chi connectivity index (χ0n) is 18.5. The van der Waals surface area contributed by atoms with E-state index >= 15 is 0 Å². The second-order valence-electron chi connectivity index (χ2n) is 8.17. The largest absolute Gasteiger partial charge is 0.421 e. The van der Waals surface area contributed by atoms with E-state index in [1.165, 1.54) is 28.9 Å². The third-order valence-electron chi connectivity index (χ3n) is 6.01. The molecule has 0 radical (unpaired) electrons. The van der Waals surface area contributed by atoms with E-state index in [1.807, 2.05) is 11.0 Å². The molecule has 0 aliphatic carbocycles. The van der Waals surface area contributed by atoms with Crippen LogP contribution in [0.25, 0.3) is 11.5 Å². The van der Waals surface area contributed by atoms with E-state index in [2.05, 4.69) is 41.1 Å². The predicted octanol–water partition coefficient (Wildman–Crippen LogP) is 4.65. The van der Waals surface area contributed by atoms with Gasteiger partial charge < -0.3 is 14.2 Å². The van der Waals surface area contributed by atoms with Crippen LogP contribution in [-0.4, -0.2) is 47.2 Å². The normalized spacial score (nSPS) is 14.6. The molecule has 0 atom stereocenters. The van der Waals surface area contributed by atoms with Crippen molar-refractivity contribution in [1.82, 2.24) is 15.1 Å². The number of hydrogen-bond acceptors (Lipinski definition) is 5. The monoisotopic (exact) mass is 458 g/mol. The number of anilines is 1. The van der Waals surface area contributed by atoms with Gasteiger partial charge in [0.1, 0.15) is 0 Å². The first-order valence-electron chi connectivity index (χ1n) is 10.8. The van der Waals surface area contributed by atoms with E-state index in [0.29, 0.717) is 13.1 Å². The number of nitrogens with zero attached hydrogens (tertiary/aromatic N) is 4. The highest BCUT2D eigenvalue weighted by atomic mass is 19.4. The van der Waals surface area contributed by atoms with Gasteiger partial charge in [0.2, 0.25) is 17.7 Å². The van der Waals surface area contributed by atoms with Crippen LogP contribution in [0, 0.1) is 13.8 Å². The molecule has 9 heteroatoms. The number of aromatic nitrogens is 2. The zero-order chi connectivity index (χ0) is 23.6. The van der Waals surface area contributed by atoms with Crippen LogP contribution in [0.2, 0.25) is 0 Å². The van der Waals surface area contributed by atoms with Crippen LogP contribution in [0.15, 0.2) is 46.9 Å². The van der Waals surface area contributed by atoms with Crippen LogP contribution in [0.4, 0.5) is 18.9 Å². The summed E-state index contributed by atoms with van der Waals surface area (Å²) in [5.74, 6) is 0.227. The molecule has 0 bridgehead atoms. The molecule has 1 fully saturated rings. The summed E-state index contributed by atoms with van der Waals surface area (Å²) in [5.41, 5.74) is 3.11. The van der Waals surface area contributed by atoms with Gasteiger partial charge in [0.05, 0.1) is 5.56 Å². The number of piperazine rings is 1. The summed E-state index contributed by atoms with van der Waals surface area (Å²) in [5, 5.41) is 7.74. The minimum atomic E-state index is -4.45. The van der Waals surface area contributed by atoms with Crippen molar-refractivity contribution < 1.29 is 22.4 Å². The fourth-order valence-electron chi connectivity index (χ4n) is 3.95. The molecule has 1 aliphatic heterocycles. The molecular weight excluding hydrogens is 433 g/mol. The van der Waals surface area contributed by atoms with Gasteiger partial charge in [-0.1, -0.05) is 18.2 Å². The highest BCUT2D eigenvalue weighted by Gasteiger charge is 2.31. The Morgan fingerprint density at radius 3 is 2.48 bits per heavy atom. The van der Waals surface area contributed by atoms with Gasteiger partial charge in [-0.3, -0.25) is 4.79 Å². The smallest absolute Gasteiger partial charge is 0.416 e. The van der Waals surface area contributed by atoms with Crippen molar-refractivity contribution >= 4 is 11.6 Å². The van der Waals surface area contributed by atoms with Gasteiger partial charge in [-0.05, 0) is 49.2 Å². The highest BCUT2D eigenvalue weighted by molar-refractivity contribution is 5.76. The summed E-state index contributed by atoms with van der Waals surface area (Å²) in [4.78, 5) is 16.8. The average molecular weight is 458 g/mol. The van der Waals surface area contributed by atoms with Crippen LogP contribution in [-0.2, 0) is 17.4 Å². The van der Waals surface area contributed by atoms with Crippen molar-refractivity contribution in [2.75, 3.05) is 31.1 Å². The summed E-state index contributed by atoms with van der Waals surface area (Å²) in [6, 6.07) is 11.0. The van der Waals surface area contributed by atoms with E-state index in [4.69, 9.17) is 4.42 Å². The Hall–Kier alpha value is -3.36. The Bertz CT molecular complexity index is 1130. The van der Waals surface area contributed by atoms with E-state index < -0.39 is 11.7 Å². The molecule has 0 saturated carbocycles. The minimum Gasteiger partial charge on any atom is -0.421 e. The first-order valence-corrected chi connectivity index (χ1v) is 10.8. The molecule has 1 aromatic heterocycles. The molecular formula is C24H25F3N4O2. The standard InChI is InChI=1S/C24H25F3N4O2/c1-16-5-3-8-20(17(16)2)30-11-13-31(14-12-30)22(32)10-9-21-28-29-23(33-21)18-6-4-7-19(15-18)24(25,26)27/h3-8,15H,9-14H2,1-2H3. The Balaban J connectivity index is 1.31. The summed E-state index contributed by atoms with van der Waals surface area (Å²) in [6.07, 6.45) is -4.01. The Morgan fingerprint density at radius 1 is 1.03 bits per heavy atom. The lowest BCUT2D eigenvalue weighted by Crippen LogP contribution is -2.49. The third kappa shape index (κ3) is 5.18.